The highest BCUT2D eigenvalue weighted by Gasteiger charge is 2.18. The molecule has 0 unspecified atom stereocenters. The van der Waals surface area contributed by atoms with Gasteiger partial charge in [0.05, 0.1) is 10.1 Å². The van der Waals surface area contributed by atoms with E-state index in [2.05, 4.69) is 12.6 Å². The standard InChI is InChI=1S/C10H14O2S2/c1-8(2)14(11,12)10-5-3-9(7-13)4-6-10/h3-6,8,13H,7H2,1-2H3. The summed E-state index contributed by atoms with van der Waals surface area (Å²) in [6, 6.07) is 6.87. The third-order valence-electron chi connectivity index (χ3n) is 2.06. The quantitative estimate of drug-likeness (QED) is 0.808. The lowest BCUT2D eigenvalue weighted by molar-refractivity contribution is 0.587. The van der Waals surface area contributed by atoms with Crippen LogP contribution in [0.4, 0.5) is 0 Å². The highest BCUT2D eigenvalue weighted by atomic mass is 32.2. The monoisotopic (exact) mass is 230 g/mol. The Bertz CT molecular complexity index is 391. The van der Waals surface area contributed by atoms with Crippen molar-refractivity contribution in [2.45, 2.75) is 29.7 Å². The van der Waals surface area contributed by atoms with Crippen LogP contribution in [-0.2, 0) is 15.6 Å². The summed E-state index contributed by atoms with van der Waals surface area (Å²) in [5.41, 5.74) is 1.02. The molecule has 78 valence electrons. The minimum absolute atomic E-state index is 0.371. The minimum Gasteiger partial charge on any atom is -0.223 e. The fourth-order valence-corrected chi connectivity index (χ4v) is 2.33. The van der Waals surface area contributed by atoms with Gasteiger partial charge in [0.25, 0.3) is 0 Å². The maximum absolute atomic E-state index is 11.7. The number of rotatable bonds is 3. The van der Waals surface area contributed by atoms with E-state index in [0.29, 0.717) is 10.6 Å². The maximum atomic E-state index is 11.7. The number of thiol groups is 1. The van der Waals surface area contributed by atoms with Gasteiger partial charge in [0, 0.05) is 5.75 Å². The summed E-state index contributed by atoms with van der Waals surface area (Å²) in [5.74, 6) is 0.627. The molecule has 0 atom stereocenters. The Morgan fingerprint density at radius 1 is 1.21 bits per heavy atom. The molecular formula is C10H14O2S2. The van der Waals surface area contributed by atoms with Crippen molar-refractivity contribution in [3.63, 3.8) is 0 Å². The van der Waals surface area contributed by atoms with Crippen LogP contribution >= 0.6 is 12.6 Å². The summed E-state index contributed by atoms with van der Waals surface area (Å²) < 4.78 is 23.4. The first-order valence-corrected chi connectivity index (χ1v) is 6.60. The van der Waals surface area contributed by atoms with Crippen LogP contribution in [0.5, 0.6) is 0 Å². The van der Waals surface area contributed by atoms with Crippen LogP contribution in [0.1, 0.15) is 19.4 Å². The minimum atomic E-state index is -3.13. The van der Waals surface area contributed by atoms with E-state index in [1.807, 2.05) is 0 Å². The van der Waals surface area contributed by atoms with E-state index in [4.69, 9.17) is 0 Å². The topological polar surface area (TPSA) is 34.1 Å². The predicted octanol–water partition coefficient (Wildman–Crippen LogP) is 2.30. The van der Waals surface area contributed by atoms with Crippen molar-refractivity contribution in [1.29, 1.82) is 0 Å². The van der Waals surface area contributed by atoms with Crippen LogP contribution in [0.25, 0.3) is 0 Å². The van der Waals surface area contributed by atoms with E-state index in [1.54, 1.807) is 38.1 Å². The van der Waals surface area contributed by atoms with Crippen molar-refractivity contribution < 1.29 is 8.42 Å². The number of benzene rings is 1. The molecule has 0 N–H and O–H groups in total. The molecule has 0 saturated carbocycles. The molecule has 0 spiro atoms. The zero-order valence-electron chi connectivity index (χ0n) is 8.27. The molecule has 0 aliphatic heterocycles. The zero-order valence-corrected chi connectivity index (χ0v) is 9.98. The molecule has 0 fully saturated rings. The summed E-state index contributed by atoms with van der Waals surface area (Å²) in [4.78, 5) is 0.387. The second-order valence-corrected chi connectivity index (χ2v) is 6.22. The van der Waals surface area contributed by atoms with Crippen LogP contribution < -0.4 is 0 Å². The van der Waals surface area contributed by atoms with Crippen molar-refractivity contribution in [1.82, 2.24) is 0 Å². The maximum Gasteiger partial charge on any atom is 0.180 e. The molecule has 0 bridgehead atoms. The first-order chi connectivity index (χ1) is 6.48. The molecular weight excluding hydrogens is 216 g/mol. The second kappa shape index (κ2) is 4.36. The smallest absolute Gasteiger partial charge is 0.180 e. The van der Waals surface area contributed by atoms with Gasteiger partial charge in [-0.1, -0.05) is 12.1 Å². The Kier molecular flexibility index (Phi) is 3.61. The van der Waals surface area contributed by atoms with Crippen molar-refractivity contribution in [3.05, 3.63) is 29.8 Å². The summed E-state index contributed by atoms with van der Waals surface area (Å²) >= 11 is 4.11. The Labute approximate surface area is 90.7 Å². The van der Waals surface area contributed by atoms with Crippen LogP contribution in [0, 0.1) is 0 Å². The SMILES string of the molecule is CC(C)S(=O)(=O)c1ccc(CS)cc1. The molecule has 0 radical (unpaired) electrons. The number of sulfone groups is 1. The molecule has 0 aromatic heterocycles. The Hall–Kier alpha value is -0.480. The van der Waals surface area contributed by atoms with Crippen molar-refractivity contribution in [2.24, 2.45) is 0 Å². The van der Waals surface area contributed by atoms with Crippen LogP contribution in [0.2, 0.25) is 0 Å². The second-order valence-electron chi connectivity index (χ2n) is 3.40. The first kappa shape index (κ1) is 11.6. The molecule has 4 heteroatoms. The molecule has 14 heavy (non-hydrogen) atoms. The van der Waals surface area contributed by atoms with Crippen LogP contribution in [0.3, 0.4) is 0 Å². The van der Waals surface area contributed by atoms with Crippen molar-refractivity contribution >= 4 is 22.5 Å². The molecule has 0 heterocycles. The van der Waals surface area contributed by atoms with Gasteiger partial charge in [-0.05, 0) is 31.5 Å². The van der Waals surface area contributed by atoms with Gasteiger partial charge >= 0.3 is 0 Å². The third kappa shape index (κ3) is 2.30. The lowest BCUT2D eigenvalue weighted by Crippen LogP contribution is -2.13. The molecule has 1 rings (SSSR count). The lowest BCUT2D eigenvalue weighted by atomic mass is 10.2. The van der Waals surface area contributed by atoms with Gasteiger partial charge in [0.15, 0.2) is 9.84 Å². The zero-order chi connectivity index (χ0) is 10.8. The van der Waals surface area contributed by atoms with Crippen LogP contribution in [-0.4, -0.2) is 13.7 Å². The Balaban J connectivity index is 3.10. The van der Waals surface area contributed by atoms with E-state index in [9.17, 15) is 8.42 Å². The summed E-state index contributed by atoms with van der Waals surface area (Å²) in [7, 11) is -3.13. The van der Waals surface area contributed by atoms with Gasteiger partial charge in [-0.3, -0.25) is 0 Å². The highest BCUT2D eigenvalue weighted by Crippen LogP contribution is 2.16. The Morgan fingerprint density at radius 2 is 1.71 bits per heavy atom. The average Bonchev–Trinajstić information content (AvgIpc) is 2.17. The van der Waals surface area contributed by atoms with Crippen molar-refractivity contribution in [3.8, 4) is 0 Å². The number of hydrogen-bond acceptors (Lipinski definition) is 3. The van der Waals surface area contributed by atoms with Gasteiger partial charge in [0.1, 0.15) is 0 Å². The van der Waals surface area contributed by atoms with E-state index in [0.717, 1.165) is 5.56 Å². The molecule has 0 aliphatic rings. The summed E-state index contributed by atoms with van der Waals surface area (Å²) in [6.45, 7) is 3.36. The van der Waals surface area contributed by atoms with Gasteiger partial charge in [0.2, 0.25) is 0 Å². The molecule has 2 nitrogen and oxygen atoms in total. The van der Waals surface area contributed by atoms with E-state index < -0.39 is 9.84 Å². The third-order valence-corrected chi connectivity index (χ3v) is 4.59. The van der Waals surface area contributed by atoms with Crippen LogP contribution in [0.15, 0.2) is 29.2 Å². The fourth-order valence-electron chi connectivity index (χ4n) is 1.06. The summed E-state index contributed by atoms with van der Waals surface area (Å²) in [6.07, 6.45) is 0. The molecule has 0 saturated heterocycles. The summed E-state index contributed by atoms with van der Waals surface area (Å²) in [5, 5.41) is -0.371. The molecule has 1 aromatic carbocycles. The predicted molar refractivity (Wildman–Crippen MR) is 61.5 cm³/mol. The Morgan fingerprint density at radius 3 is 2.07 bits per heavy atom. The average molecular weight is 230 g/mol. The van der Waals surface area contributed by atoms with E-state index in [-0.39, 0.29) is 5.25 Å². The van der Waals surface area contributed by atoms with Gasteiger partial charge in [-0.2, -0.15) is 12.6 Å². The van der Waals surface area contributed by atoms with Gasteiger partial charge in [-0.25, -0.2) is 8.42 Å². The normalized spacial score (nSPS) is 12.0. The largest absolute Gasteiger partial charge is 0.223 e. The van der Waals surface area contributed by atoms with E-state index >= 15 is 0 Å². The van der Waals surface area contributed by atoms with E-state index in [1.165, 1.54) is 0 Å². The molecule has 0 aliphatic carbocycles. The molecule has 1 aromatic rings. The lowest BCUT2D eigenvalue weighted by Gasteiger charge is -2.07. The van der Waals surface area contributed by atoms with Crippen molar-refractivity contribution in [2.75, 3.05) is 0 Å². The highest BCUT2D eigenvalue weighted by molar-refractivity contribution is 7.92. The fraction of sp³-hybridized carbons (Fsp3) is 0.400. The van der Waals surface area contributed by atoms with Gasteiger partial charge < -0.3 is 0 Å². The molecule has 0 amide bonds. The van der Waals surface area contributed by atoms with Gasteiger partial charge in [-0.15, -0.1) is 0 Å². The number of hydrogen-bond donors (Lipinski definition) is 1. The first-order valence-electron chi connectivity index (χ1n) is 4.42.